The van der Waals surface area contributed by atoms with E-state index in [0.717, 1.165) is 32.8 Å². The van der Waals surface area contributed by atoms with Crippen LogP contribution in [0.5, 0.6) is 0 Å². The zero-order valence-corrected chi connectivity index (χ0v) is 21.4. The Hall–Kier alpha value is -3.29. The van der Waals surface area contributed by atoms with Gasteiger partial charge in [-0.25, -0.2) is 9.97 Å². The second kappa shape index (κ2) is 8.43. The highest BCUT2D eigenvalue weighted by Crippen LogP contribution is 2.41. The molecule has 3 nitrogen and oxygen atoms in total. The van der Waals surface area contributed by atoms with Crippen molar-refractivity contribution in [2.45, 2.75) is 58.3 Å². The first-order valence-electron chi connectivity index (χ1n) is 12.6. The van der Waals surface area contributed by atoms with Crippen LogP contribution in [0.15, 0.2) is 54.9 Å². The molecule has 35 heavy (non-hydrogen) atoms. The normalized spacial score (nSPS) is 14.8. The van der Waals surface area contributed by atoms with E-state index in [9.17, 15) is 5.26 Å². The molecule has 3 aromatic carbocycles. The Morgan fingerprint density at radius 3 is 2.54 bits per heavy atom. The van der Waals surface area contributed by atoms with Crippen LogP contribution >= 0.6 is 11.3 Å². The Kier molecular flexibility index (Phi) is 5.34. The number of hydrogen-bond acceptors (Lipinski definition) is 4. The summed E-state index contributed by atoms with van der Waals surface area (Å²) in [5.41, 5.74) is 6.44. The predicted molar refractivity (Wildman–Crippen MR) is 147 cm³/mol. The van der Waals surface area contributed by atoms with Crippen LogP contribution in [-0.4, -0.2) is 9.97 Å². The van der Waals surface area contributed by atoms with E-state index in [0.29, 0.717) is 5.56 Å². The molecular weight excluding hydrogens is 446 g/mol. The van der Waals surface area contributed by atoms with Crippen molar-refractivity contribution in [2.24, 2.45) is 5.92 Å². The Morgan fingerprint density at radius 2 is 1.77 bits per heavy atom. The van der Waals surface area contributed by atoms with E-state index < -0.39 is 0 Å². The first-order valence-corrected chi connectivity index (χ1v) is 13.4. The minimum absolute atomic E-state index is 0.0378. The molecule has 174 valence electrons. The van der Waals surface area contributed by atoms with E-state index in [1.165, 1.54) is 58.7 Å². The van der Waals surface area contributed by atoms with Crippen LogP contribution in [-0.2, 0) is 11.8 Å². The molecular formula is C31H29N3S. The smallest absolute Gasteiger partial charge is 0.116 e. The van der Waals surface area contributed by atoms with Gasteiger partial charge in [0.1, 0.15) is 6.33 Å². The number of fused-ring (bicyclic) bond motifs is 4. The van der Waals surface area contributed by atoms with Gasteiger partial charge in [0.15, 0.2) is 0 Å². The zero-order chi connectivity index (χ0) is 24.2. The lowest BCUT2D eigenvalue weighted by Gasteiger charge is -2.23. The van der Waals surface area contributed by atoms with Crippen LogP contribution in [0.2, 0.25) is 0 Å². The summed E-state index contributed by atoms with van der Waals surface area (Å²) in [5, 5.41) is 13.0. The molecule has 0 bridgehead atoms. The van der Waals surface area contributed by atoms with Crippen molar-refractivity contribution in [3.05, 3.63) is 71.5 Å². The Balaban J connectivity index is 1.53. The maximum absolute atomic E-state index is 9.48. The summed E-state index contributed by atoms with van der Waals surface area (Å²) in [5.74, 6) is 0.837. The van der Waals surface area contributed by atoms with Gasteiger partial charge in [0, 0.05) is 15.6 Å². The molecule has 2 heterocycles. The molecule has 6 rings (SSSR count). The van der Waals surface area contributed by atoms with E-state index in [2.05, 4.69) is 63.2 Å². The summed E-state index contributed by atoms with van der Waals surface area (Å²) < 4.78 is 2.43. The van der Waals surface area contributed by atoms with Crippen LogP contribution in [0.1, 0.15) is 63.1 Å². The largest absolute Gasteiger partial charge is 0.235 e. The molecule has 0 atom stereocenters. The van der Waals surface area contributed by atoms with E-state index in [-0.39, 0.29) is 5.41 Å². The SMILES string of the molecule is CC(C)(C)c1cc(-c2ncnc3c2sc2cc(CC4CCCC4)ccc23)cc2cc(C#N)ccc12. The molecule has 0 N–H and O–H groups in total. The molecule has 0 radical (unpaired) electrons. The fraction of sp³-hybridized carbons (Fsp3) is 0.323. The van der Waals surface area contributed by atoms with Gasteiger partial charge in [-0.3, -0.25) is 0 Å². The fourth-order valence-electron chi connectivity index (χ4n) is 5.70. The molecule has 2 aromatic heterocycles. The maximum Gasteiger partial charge on any atom is 0.116 e. The second-order valence-corrected chi connectivity index (χ2v) is 12.1. The quantitative estimate of drug-likeness (QED) is 0.262. The van der Waals surface area contributed by atoms with Crippen molar-refractivity contribution in [1.82, 2.24) is 9.97 Å². The Labute approximate surface area is 210 Å². The van der Waals surface area contributed by atoms with Gasteiger partial charge < -0.3 is 0 Å². The number of benzene rings is 3. The first-order chi connectivity index (χ1) is 16.9. The first kappa shape index (κ1) is 22.2. The van der Waals surface area contributed by atoms with E-state index >= 15 is 0 Å². The third-order valence-electron chi connectivity index (χ3n) is 7.48. The standard InChI is InChI=1S/C31H29N3S/c1-31(2,3)26-16-23(15-22-13-21(17-32)9-10-24(22)26)28-30-29(34-18-33-28)25-11-8-20(14-27(25)35-30)12-19-6-4-5-7-19/h8-11,13-16,18-19H,4-7,12H2,1-3H3. The highest BCUT2D eigenvalue weighted by atomic mass is 32.1. The molecule has 5 aromatic rings. The molecule has 0 unspecified atom stereocenters. The molecule has 1 aliphatic rings. The van der Waals surface area contributed by atoms with Crippen LogP contribution in [0.4, 0.5) is 0 Å². The zero-order valence-electron chi connectivity index (χ0n) is 20.6. The summed E-state index contributed by atoms with van der Waals surface area (Å²) in [6.07, 6.45) is 8.38. The lowest BCUT2D eigenvalue weighted by atomic mass is 9.82. The van der Waals surface area contributed by atoms with Crippen molar-refractivity contribution in [2.75, 3.05) is 0 Å². The molecule has 4 heteroatoms. The van der Waals surface area contributed by atoms with Crippen LogP contribution < -0.4 is 0 Å². The van der Waals surface area contributed by atoms with Crippen molar-refractivity contribution in [3.63, 3.8) is 0 Å². The molecule has 0 amide bonds. The molecule has 0 spiro atoms. The Bertz CT molecular complexity index is 1630. The molecule has 1 fully saturated rings. The average molecular weight is 476 g/mol. The van der Waals surface area contributed by atoms with Crippen LogP contribution in [0, 0.1) is 17.2 Å². The number of thiophene rings is 1. The van der Waals surface area contributed by atoms with Crippen molar-refractivity contribution < 1.29 is 0 Å². The van der Waals surface area contributed by atoms with Crippen molar-refractivity contribution in [3.8, 4) is 17.3 Å². The van der Waals surface area contributed by atoms with E-state index in [1.807, 2.05) is 12.1 Å². The molecule has 0 aliphatic heterocycles. The molecule has 0 saturated heterocycles. The number of rotatable bonds is 3. The van der Waals surface area contributed by atoms with Crippen molar-refractivity contribution >= 4 is 42.4 Å². The predicted octanol–water partition coefficient (Wildman–Crippen LogP) is 8.57. The number of nitriles is 1. The van der Waals surface area contributed by atoms with Gasteiger partial charge in [-0.1, -0.05) is 64.7 Å². The van der Waals surface area contributed by atoms with Gasteiger partial charge in [0.25, 0.3) is 0 Å². The van der Waals surface area contributed by atoms with E-state index in [1.54, 1.807) is 17.7 Å². The monoisotopic (exact) mass is 475 g/mol. The summed E-state index contributed by atoms with van der Waals surface area (Å²) in [7, 11) is 0. The minimum Gasteiger partial charge on any atom is -0.235 e. The summed E-state index contributed by atoms with van der Waals surface area (Å²) in [4.78, 5) is 9.49. The topological polar surface area (TPSA) is 49.6 Å². The summed E-state index contributed by atoms with van der Waals surface area (Å²) in [6.45, 7) is 6.72. The van der Waals surface area contributed by atoms with Gasteiger partial charge >= 0.3 is 0 Å². The van der Waals surface area contributed by atoms with E-state index in [4.69, 9.17) is 9.97 Å². The molecule has 1 saturated carbocycles. The Morgan fingerprint density at radius 1 is 0.971 bits per heavy atom. The molecule has 1 aliphatic carbocycles. The minimum atomic E-state index is -0.0378. The fourth-order valence-corrected chi connectivity index (χ4v) is 6.93. The van der Waals surface area contributed by atoms with Crippen LogP contribution in [0.25, 0.3) is 42.3 Å². The van der Waals surface area contributed by atoms with Crippen LogP contribution in [0.3, 0.4) is 0 Å². The average Bonchev–Trinajstić information content (AvgIpc) is 3.49. The highest BCUT2D eigenvalue weighted by Gasteiger charge is 2.21. The van der Waals surface area contributed by atoms with Gasteiger partial charge in [-0.05, 0) is 70.0 Å². The third-order valence-corrected chi connectivity index (χ3v) is 8.63. The highest BCUT2D eigenvalue weighted by molar-refractivity contribution is 7.26. The van der Waals surface area contributed by atoms with Gasteiger partial charge in [0.2, 0.25) is 0 Å². The number of hydrogen-bond donors (Lipinski definition) is 0. The second-order valence-electron chi connectivity index (χ2n) is 11.0. The summed E-state index contributed by atoms with van der Waals surface area (Å²) >= 11 is 1.80. The van der Waals surface area contributed by atoms with Gasteiger partial charge in [0.05, 0.1) is 27.5 Å². The van der Waals surface area contributed by atoms with Gasteiger partial charge in [-0.2, -0.15) is 5.26 Å². The van der Waals surface area contributed by atoms with Gasteiger partial charge in [-0.15, -0.1) is 11.3 Å². The number of nitrogens with zero attached hydrogens (tertiary/aromatic N) is 3. The maximum atomic E-state index is 9.48. The number of aromatic nitrogens is 2. The lowest BCUT2D eigenvalue weighted by molar-refractivity contribution is 0.547. The summed E-state index contributed by atoms with van der Waals surface area (Å²) in [6, 6.07) is 19.7. The third kappa shape index (κ3) is 3.98. The lowest BCUT2D eigenvalue weighted by Crippen LogP contribution is -2.12. The van der Waals surface area contributed by atoms with Crippen molar-refractivity contribution in [1.29, 1.82) is 5.26 Å².